The van der Waals surface area contributed by atoms with Crippen molar-refractivity contribution in [2.24, 2.45) is 0 Å². The molecular weight excluding hydrogens is 250 g/mol. The fraction of sp³-hybridized carbons (Fsp3) is 0.417. The molecule has 0 N–H and O–H groups in total. The van der Waals surface area contributed by atoms with E-state index < -0.39 is 0 Å². The van der Waals surface area contributed by atoms with Crippen LogP contribution in [0.2, 0.25) is 0 Å². The maximum Gasteiger partial charge on any atom is 0.307 e. The average Bonchev–Trinajstić information content (AvgIpc) is 2.84. The normalized spacial score (nSPS) is 10.6. The first-order valence-electron chi connectivity index (χ1n) is 5.77. The van der Waals surface area contributed by atoms with Gasteiger partial charge in [0.2, 0.25) is 0 Å². The molecule has 0 saturated carbocycles. The monoisotopic (exact) mass is 265 g/mol. The zero-order valence-corrected chi connectivity index (χ0v) is 11.2. The Labute approximate surface area is 109 Å². The zero-order valence-electron chi connectivity index (χ0n) is 10.4. The zero-order chi connectivity index (χ0) is 13.0. The predicted octanol–water partition coefficient (Wildman–Crippen LogP) is 2.08. The van der Waals surface area contributed by atoms with E-state index in [4.69, 9.17) is 4.74 Å². The lowest BCUT2D eigenvalue weighted by Gasteiger charge is -2.17. The Morgan fingerprint density at radius 3 is 3.11 bits per heavy atom. The van der Waals surface area contributed by atoms with Gasteiger partial charge in [-0.3, -0.25) is 4.79 Å². The van der Waals surface area contributed by atoms with Crippen molar-refractivity contribution in [2.75, 3.05) is 25.1 Å². The van der Waals surface area contributed by atoms with E-state index in [0.29, 0.717) is 19.6 Å². The minimum absolute atomic E-state index is 0.181. The summed E-state index contributed by atoms with van der Waals surface area (Å²) in [4.78, 5) is 22.7. The molecule has 18 heavy (non-hydrogen) atoms. The fourth-order valence-corrected chi connectivity index (χ4v) is 2.41. The second-order valence-electron chi connectivity index (χ2n) is 3.81. The Morgan fingerprint density at radius 1 is 1.50 bits per heavy atom. The lowest BCUT2D eigenvalue weighted by molar-refractivity contribution is -0.142. The number of hydrogen-bond donors (Lipinski definition) is 0. The molecule has 6 heteroatoms. The molecule has 2 aromatic rings. The minimum Gasteiger partial charge on any atom is -0.466 e. The molecule has 0 aromatic carbocycles. The largest absolute Gasteiger partial charge is 0.466 e. The topological polar surface area (TPSA) is 55.3 Å². The maximum atomic E-state index is 11.3. The van der Waals surface area contributed by atoms with Crippen LogP contribution in [0.1, 0.15) is 13.3 Å². The molecule has 2 aromatic heterocycles. The standard InChI is InChI=1S/C12H15N3O2S/c1-3-17-10(16)4-6-15(2)11-9-5-7-18-12(9)14-8-13-11/h5,7-8H,3-4,6H2,1-2H3. The van der Waals surface area contributed by atoms with Gasteiger partial charge < -0.3 is 9.64 Å². The van der Waals surface area contributed by atoms with Gasteiger partial charge in [-0.25, -0.2) is 9.97 Å². The van der Waals surface area contributed by atoms with Gasteiger partial charge in [-0.2, -0.15) is 0 Å². The number of rotatable bonds is 5. The summed E-state index contributed by atoms with van der Waals surface area (Å²) >= 11 is 1.58. The summed E-state index contributed by atoms with van der Waals surface area (Å²) in [6, 6.07) is 2.00. The van der Waals surface area contributed by atoms with E-state index in [2.05, 4.69) is 9.97 Å². The predicted molar refractivity (Wildman–Crippen MR) is 71.9 cm³/mol. The molecule has 0 aliphatic rings. The van der Waals surface area contributed by atoms with E-state index in [1.807, 2.05) is 23.4 Å². The van der Waals surface area contributed by atoms with Gasteiger partial charge in [-0.15, -0.1) is 11.3 Å². The third-order valence-corrected chi connectivity index (χ3v) is 3.38. The summed E-state index contributed by atoms with van der Waals surface area (Å²) in [6.45, 7) is 2.81. The maximum absolute atomic E-state index is 11.3. The Kier molecular flexibility index (Phi) is 4.09. The Bertz CT molecular complexity index is 541. The molecule has 2 heterocycles. The van der Waals surface area contributed by atoms with Crippen LogP contribution in [0.3, 0.4) is 0 Å². The highest BCUT2D eigenvalue weighted by atomic mass is 32.1. The molecule has 0 radical (unpaired) electrons. The number of nitrogens with zero attached hydrogens (tertiary/aromatic N) is 3. The molecular formula is C12H15N3O2S. The van der Waals surface area contributed by atoms with Crippen molar-refractivity contribution in [3.8, 4) is 0 Å². The molecule has 0 aliphatic carbocycles. The fourth-order valence-electron chi connectivity index (χ4n) is 1.68. The quantitative estimate of drug-likeness (QED) is 0.775. The number of anilines is 1. The lowest BCUT2D eigenvalue weighted by Crippen LogP contribution is -2.23. The van der Waals surface area contributed by atoms with E-state index in [-0.39, 0.29) is 5.97 Å². The number of thiophene rings is 1. The van der Waals surface area contributed by atoms with Crippen molar-refractivity contribution >= 4 is 33.3 Å². The summed E-state index contributed by atoms with van der Waals surface area (Å²) in [5.41, 5.74) is 0. The van der Waals surface area contributed by atoms with E-state index in [9.17, 15) is 4.79 Å². The van der Waals surface area contributed by atoms with E-state index in [1.54, 1.807) is 24.6 Å². The molecule has 0 unspecified atom stereocenters. The van der Waals surface area contributed by atoms with Crippen LogP contribution in [0.4, 0.5) is 5.82 Å². The number of aromatic nitrogens is 2. The molecule has 2 rings (SSSR count). The van der Waals surface area contributed by atoms with Gasteiger partial charge in [0.1, 0.15) is 17.0 Å². The van der Waals surface area contributed by atoms with E-state index in [0.717, 1.165) is 16.0 Å². The summed E-state index contributed by atoms with van der Waals surface area (Å²) in [5.74, 6) is 0.672. The van der Waals surface area contributed by atoms with Crippen molar-refractivity contribution in [2.45, 2.75) is 13.3 Å². The summed E-state index contributed by atoms with van der Waals surface area (Å²) in [6.07, 6.45) is 1.91. The first kappa shape index (κ1) is 12.8. The molecule has 0 spiro atoms. The number of esters is 1. The third kappa shape index (κ3) is 2.76. The van der Waals surface area contributed by atoms with Gasteiger partial charge in [0, 0.05) is 13.6 Å². The number of carbonyl (C=O) groups is 1. The van der Waals surface area contributed by atoms with Gasteiger partial charge in [0.25, 0.3) is 0 Å². The van der Waals surface area contributed by atoms with Gasteiger partial charge in [-0.1, -0.05) is 0 Å². The van der Waals surface area contributed by atoms with Crippen molar-refractivity contribution < 1.29 is 9.53 Å². The highest BCUT2D eigenvalue weighted by molar-refractivity contribution is 7.16. The van der Waals surface area contributed by atoms with Crippen molar-refractivity contribution in [3.05, 3.63) is 17.8 Å². The molecule has 0 saturated heterocycles. The molecule has 0 bridgehead atoms. The summed E-state index contributed by atoms with van der Waals surface area (Å²) in [7, 11) is 1.92. The Hall–Kier alpha value is -1.69. The van der Waals surface area contributed by atoms with Crippen LogP contribution < -0.4 is 4.90 Å². The Morgan fingerprint density at radius 2 is 2.33 bits per heavy atom. The van der Waals surface area contributed by atoms with Gasteiger partial charge in [0.15, 0.2) is 0 Å². The molecule has 0 amide bonds. The highest BCUT2D eigenvalue weighted by Gasteiger charge is 2.11. The number of hydrogen-bond acceptors (Lipinski definition) is 6. The second kappa shape index (κ2) is 5.77. The average molecular weight is 265 g/mol. The van der Waals surface area contributed by atoms with Crippen LogP contribution in [0.5, 0.6) is 0 Å². The van der Waals surface area contributed by atoms with Crippen LogP contribution in [0.25, 0.3) is 10.2 Å². The van der Waals surface area contributed by atoms with Crippen LogP contribution in [0.15, 0.2) is 17.8 Å². The number of carbonyl (C=O) groups excluding carboxylic acids is 1. The third-order valence-electron chi connectivity index (χ3n) is 2.56. The highest BCUT2D eigenvalue weighted by Crippen LogP contribution is 2.25. The van der Waals surface area contributed by atoms with E-state index in [1.165, 1.54) is 0 Å². The van der Waals surface area contributed by atoms with Crippen LogP contribution in [-0.2, 0) is 9.53 Å². The Balaban J connectivity index is 2.06. The first-order chi connectivity index (χ1) is 8.72. The number of ether oxygens (including phenoxy) is 1. The molecule has 0 atom stereocenters. The number of fused-ring (bicyclic) bond motifs is 1. The second-order valence-corrected chi connectivity index (χ2v) is 4.71. The SMILES string of the molecule is CCOC(=O)CCN(C)c1ncnc2sccc12. The van der Waals surface area contributed by atoms with Crippen LogP contribution >= 0.6 is 11.3 Å². The first-order valence-corrected chi connectivity index (χ1v) is 6.65. The van der Waals surface area contributed by atoms with Crippen molar-refractivity contribution in [1.82, 2.24) is 9.97 Å². The van der Waals surface area contributed by atoms with Crippen LogP contribution in [-0.4, -0.2) is 36.1 Å². The van der Waals surface area contributed by atoms with Crippen molar-refractivity contribution in [3.63, 3.8) is 0 Å². The van der Waals surface area contributed by atoms with Crippen molar-refractivity contribution in [1.29, 1.82) is 0 Å². The minimum atomic E-state index is -0.181. The molecule has 5 nitrogen and oxygen atoms in total. The lowest BCUT2D eigenvalue weighted by atomic mass is 10.3. The summed E-state index contributed by atoms with van der Waals surface area (Å²) in [5, 5.41) is 3.01. The summed E-state index contributed by atoms with van der Waals surface area (Å²) < 4.78 is 4.90. The van der Waals surface area contributed by atoms with Crippen LogP contribution in [0, 0.1) is 0 Å². The van der Waals surface area contributed by atoms with Gasteiger partial charge >= 0.3 is 5.97 Å². The van der Waals surface area contributed by atoms with Gasteiger partial charge in [0.05, 0.1) is 18.4 Å². The molecule has 96 valence electrons. The molecule has 0 fully saturated rings. The smallest absolute Gasteiger partial charge is 0.307 e. The van der Waals surface area contributed by atoms with Gasteiger partial charge in [-0.05, 0) is 18.4 Å². The van der Waals surface area contributed by atoms with E-state index >= 15 is 0 Å². The molecule has 0 aliphatic heterocycles.